The number of aromatic nitrogens is 1. The number of hydrogen-bond donors (Lipinski definition) is 1. The minimum absolute atomic E-state index is 0.0953. The van der Waals surface area contributed by atoms with Crippen molar-refractivity contribution in [3.05, 3.63) is 23.4 Å². The van der Waals surface area contributed by atoms with Crippen molar-refractivity contribution in [3.63, 3.8) is 0 Å². The summed E-state index contributed by atoms with van der Waals surface area (Å²) in [6.07, 6.45) is 6.05. The molecule has 0 radical (unpaired) electrons. The van der Waals surface area contributed by atoms with Crippen molar-refractivity contribution in [1.82, 2.24) is 4.98 Å². The predicted octanol–water partition coefficient (Wildman–Crippen LogP) is 3.15. The van der Waals surface area contributed by atoms with Crippen molar-refractivity contribution in [1.29, 1.82) is 0 Å². The van der Waals surface area contributed by atoms with E-state index in [0.717, 1.165) is 29.4 Å². The lowest BCUT2D eigenvalue weighted by Crippen LogP contribution is -2.35. The second-order valence-corrected chi connectivity index (χ2v) is 5.86. The molecule has 1 heterocycles. The van der Waals surface area contributed by atoms with Crippen LogP contribution >= 0.6 is 0 Å². The summed E-state index contributed by atoms with van der Waals surface area (Å²) in [6.45, 7) is 4.55. The van der Waals surface area contributed by atoms with E-state index in [4.69, 9.17) is 4.98 Å². The smallest absolute Gasteiger partial charge is 0.129 e. The molecule has 1 fully saturated rings. The Labute approximate surface area is 116 Å². The Morgan fingerprint density at radius 1 is 1.26 bits per heavy atom. The van der Waals surface area contributed by atoms with Gasteiger partial charge in [-0.1, -0.05) is 13.8 Å². The molecule has 0 amide bonds. The molecule has 3 heteroatoms. The number of hydrogen-bond acceptors (Lipinski definition) is 3. The highest BCUT2D eigenvalue weighted by molar-refractivity contribution is 5.43. The summed E-state index contributed by atoms with van der Waals surface area (Å²) in [7, 11) is 2.14. The molecule has 2 rings (SSSR count). The van der Waals surface area contributed by atoms with E-state index in [1.54, 1.807) is 0 Å². The minimum atomic E-state index is 0.0953. The van der Waals surface area contributed by atoms with Crippen LogP contribution in [0.4, 0.5) is 5.82 Å². The van der Waals surface area contributed by atoms with Gasteiger partial charge in [0, 0.05) is 18.8 Å². The van der Waals surface area contributed by atoms with Crippen LogP contribution in [0.3, 0.4) is 0 Å². The SMILES string of the molecule is CCc1cc(CO)cc(N(C)C2CCC(C)CC2)n1. The fourth-order valence-corrected chi connectivity index (χ4v) is 2.90. The van der Waals surface area contributed by atoms with Crippen molar-refractivity contribution in [2.75, 3.05) is 11.9 Å². The molecule has 0 atom stereocenters. The molecule has 1 aromatic rings. The molecule has 1 aliphatic rings. The fourth-order valence-electron chi connectivity index (χ4n) is 2.90. The minimum Gasteiger partial charge on any atom is -0.392 e. The third-order valence-corrected chi connectivity index (χ3v) is 4.36. The van der Waals surface area contributed by atoms with Gasteiger partial charge >= 0.3 is 0 Å². The Morgan fingerprint density at radius 2 is 1.95 bits per heavy atom. The lowest BCUT2D eigenvalue weighted by Gasteiger charge is -2.34. The van der Waals surface area contributed by atoms with E-state index >= 15 is 0 Å². The first kappa shape index (κ1) is 14.3. The monoisotopic (exact) mass is 262 g/mol. The number of nitrogens with zero attached hydrogens (tertiary/aromatic N) is 2. The fraction of sp³-hybridized carbons (Fsp3) is 0.688. The molecule has 19 heavy (non-hydrogen) atoms. The molecule has 0 bridgehead atoms. The first-order valence-corrected chi connectivity index (χ1v) is 7.47. The molecule has 0 saturated heterocycles. The van der Waals surface area contributed by atoms with Gasteiger partial charge in [0.2, 0.25) is 0 Å². The molecule has 1 aromatic heterocycles. The molecule has 3 nitrogen and oxygen atoms in total. The van der Waals surface area contributed by atoms with Crippen molar-refractivity contribution in [2.24, 2.45) is 5.92 Å². The third-order valence-electron chi connectivity index (χ3n) is 4.36. The van der Waals surface area contributed by atoms with Crippen LogP contribution in [0.5, 0.6) is 0 Å². The van der Waals surface area contributed by atoms with Crippen LogP contribution in [-0.2, 0) is 13.0 Å². The maximum atomic E-state index is 9.36. The summed E-state index contributed by atoms with van der Waals surface area (Å²) >= 11 is 0. The van der Waals surface area contributed by atoms with Crippen LogP contribution < -0.4 is 4.90 Å². The second kappa shape index (κ2) is 6.38. The van der Waals surface area contributed by atoms with Crippen LogP contribution in [0.15, 0.2) is 12.1 Å². The molecule has 1 N–H and O–H groups in total. The number of aliphatic hydroxyl groups excluding tert-OH is 1. The van der Waals surface area contributed by atoms with E-state index in [-0.39, 0.29) is 6.61 Å². The van der Waals surface area contributed by atoms with Gasteiger partial charge < -0.3 is 10.0 Å². The van der Waals surface area contributed by atoms with Crippen molar-refractivity contribution < 1.29 is 5.11 Å². The van der Waals surface area contributed by atoms with Gasteiger partial charge in [-0.25, -0.2) is 4.98 Å². The highest BCUT2D eigenvalue weighted by atomic mass is 16.3. The summed E-state index contributed by atoms with van der Waals surface area (Å²) in [6, 6.07) is 4.62. The average molecular weight is 262 g/mol. The molecule has 0 spiro atoms. The molecule has 1 saturated carbocycles. The van der Waals surface area contributed by atoms with E-state index in [1.807, 2.05) is 12.1 Å². The average Bonchev–Trinajstić information content (AvgIpc) is 2.46. The predicted molar refractivity (Wildman–Crippen MR) is 79.4 cm³/mol. The number of pyridine rings is 1. The third kappa shape index (κ3) is 3.47. The second-order valence-electron chi connectivity index (χ2n) is 5.86. The summed E-state index contributed by atoms with van der Waals surface area (Å²) in [5, 5.41) is 9.36. The van der Waals surface area contributed by atoms with Crippen molar-refractivity contribution >= 4 is 5.82 Å². The van der Waals surface area contributed by atoms with Gasteiger partial charge in [0.15, 0.2) is 0 Å². The topological polar surface area (TPSA) is 36.4 Å². The highest BCUT2D eigenvalue weighted by Crippen LogP contribution is 2.29. The van der Waals surface area contributed by atoms with Crippen LogP contribution in [0, 0.1) is 5.92 Å². The quantitative estimate of drug-likeness (QED) is 0.905. The Hall–Kier alpha value is -1.09. The van der Waals surface area contributed by atoms with E-state index in [9.17, 15) is 5.11 Å². The highest BCUT2D eigenvalue weighted by Gasteiger charge is 2.22. The lowest BCUT2D eigenvalue weighted by molar-refractivity contribution is 0.281. The Balaban J connectivity index is 2.15. The maximum Gasteiger partial charge on any atom is 0.129 e. The maximum absolute atomic E-state index is 9.36. The summed E-state index contributed by atoms with van der Waals surface area (Å²) in [5.74, 6) is 1.88. The zero-order chi connectivity index (χ0) is 13.8. The van der Waals surface area contributed by atoms with Crippen LogP contribution in [-0.4, -0.2) is 23.2 Å². The first-order chi connectivity index (χ1) is 9.13. The van der Waals surface area contributed by atoms with Crippen LogP contribution in [0.2, 0.25) is 0 Å². The van der Waals surface area contributed by atoms with E-state index in [2.05, 4.69) is 25.8 Å². The van der Waals surface area contributed by atoms with Crippen molar-refractivity contribution in [2.45, 2.75) is 58.6 Å². The molecule has 0 unspecified atom stereocenters. The zero-order valence-electron chi connectivity index (χ0n) is 12.4. The molecule has 0 aromatic carbocycles. The zero-order valence-corrected chi connectivity index (χ0v) is 12.4. The standard InChI is InChI=1S/C16H26N2O/c1-4-14-9-13(11-19)10-16(17-14)18(3)15-7-5-12(2)6-8-15/h9-10,12,15,19H,4-8,11H2,1-3H3. The molecule has 1 aliphatic carbocycles. The Kier molecular flexibility index (Phi) is 4.81. The summed E-state index contributed by atoms with van der Waals surface area (Å²) in [5.41, 5.74) is 2.04. The van der Waals surface area contributed by atoms with Gasteiger partial charge in [0.25, 0.3) is 0 Å². The molecule has 0 aliphatic heterocycles. The summed E-state index contributed by atoms with van der Waals surface area (Å²) < 4.78 is 0. The number of aryl methyl sites for hydroxylation is 1. The molecular formula is C16H26N2O. The van der Waals surface area contributed by atoms with Gasteiger partial charge in [0.05, 0.1) is 6.61 Å². The summed E-state index contributed by atoms with van der Waals surface area (Å²) in [4.78, 5) is 7.02. The van der Waals surface area contributed by atoms with Gasteiger partial charge in [-0.2, -0.15) is 0 Å². The van der Waals surface area contributed by atoms with E-state index in [1.165, 1.54) is 25.7 Å². The van der Waals surface area contributed by atoms with E-state index in [0.29, 0.717) is 6.04 Å². The Bertz CT molecular complexity index is 389. The Morgan fingerprint density at radius 3 is 2.53 bits per heavy atom. The first-order valence-electron chi connectivity index (χ1n) is 7.47. The normalized spacial score (nSPS) is 23.4. The van der Waals surface area contributed by atoms with Crippen LogP contribution in [0.25, 0.3) is 0 Å². The van der Waals surface area contributed by atoms with Gasteiger partial charge in [-0.15, -0.1) is 0 Å². The van der Waals surface area contributed by atoms with Crippen LogP contribution in [0.1, 0.15) is 50.8 Å². The molecule has 106 valence electrons. The number of anilines is 1. The van der Waals surface area contributed by atoms with Gasteiger partial charge in [-0.3, -0.25) is 0 Å². The lowest BCUT2D eigenvalue weighted by atomic mass is 9.87. The van der Waals surface area contributed by atoms with E-state index < -0.39 is 0 Å². The largest absolute Gasteiger partial charge is 0.392 e. The van der Waals surface area contributed by atoms with Gasteiger partial charge in [-0.05, 0) is 55.7 Å². The molecular weight excluding hydrogens is 236 g/mol. The van der Waals surface area contributed by atoms with Crippen molar-refractivity contribution in [3.8, 4) is 0 Å². The number of aliphatic hydroxyl groups is 1. The van der Waals surface area contributed by atoms with Gasteiger partial charge in [0.1, 0.15) is 5.82 Å². The number of rotatable bonds is 4.